The second kappa shape index (κ2) is 5.20. The van der Waals surface area contributed by atoms with Gasteiger partial charge in [0, 0.05) is 6.54 Å². The van der Waals surface area contributed by atoms with Crippen molar-refractivity contribution in [2.45, 2.75) is 19.9 Å². The Morgan fingerprint density at radius 3 is 2.91 bits per heavy atom. The summed E-state index contributed by atoms with van der Waals surface area (Å²) in [6.07, 6.45) is 0. The largest absolute Gasteiger partial charge is 0.353 e. The van der Waals surface area contributed by atoms with E-state index >= 15 is 0 Å². The van der Waals surface area contributed by atoms with Crippen LogP contribution in [0.3, 0.4) is 0 Å². The Morgan fingerprint density at radius 1 is 1.50 bits per heavy atom. The molecule has 0 spiro atoms. The van der Waals surface area contributed by atoms with Gasteiger partial charge in [0.1, 0.15) is 11.3 Å². The highest BCUT2D eigenvalue weighted by atomic mass is 32.1. The van der Waals surface area contributed by atoms with Crippen LogP contribution in [0, 0.1) is 11.2 Å². The monoisotopic (exact) mass is 322 g/mol. The first-order valence-electron chi connectivity index (χ1n) is 6.79. The van der Waals surface area contributed by atoms with Crippen LogP contribution in [0.1, 0.15) is 13.8 Å². The van der Waals surface area contributed by atoms with Crippen LogP contribution >= 0.6 is 11.3 Å². The minimum Gasteiger partial charge on any atom is -0.353 e. The molecule has 0 saturated carbocycles. The van der Waals surface area contributed by atoms with Crippen LogP contribution in [-0.2, 0) is 4.79 Å². The van der Waals surface area contributed by atoms with Gasteiger partial charge in [-0.1, -0.05) is 17.4 Å². The van der Waals surface area contributed by atoms with E-state index in [9.17, 15) is 14.0 Å². The predicted molar refractivity (Wildman–Crippen MR) is 82.3 cm³/mol. The van der Waals surface area contributed by atoms with E-state index in [4.69, 9.17) is 0 Å². The number of fused-ring (bicyclic) bond motifs is 1. The van der Waals surface area contributed by atoms with Crippen molar-refractivity contribution in [3.63, 3.8) is 0 Å². The number of hydrogen-bond donors (Lipinski definition) is 3. The fraction of sp³-hybridized carbons (Fsp3) is 0.357. The summed E-state index contributed by atoms with van der Waals surface area (Å²) in [5.41, 5.74) is -0.433. The van der Waals surface area contributed by atoms with E-state index in [0.29, 0.717) is 16.4 Å². The van der Waals surface area contributed by atoms with E-state index in [1.54, 1.807) is 26.0 Å². The molecule has 116 valence electrons. The van der Waals surface area contributed by atoms with Crippen molar-refractivity contribution >= 4 is 38.6 Å². The third-order valence-electron chi connectivity index (χ3n) is 3.82. The van der Waals surface area contributed by atoms with E-state index in [1.807, 2.05) is 0 Å². The highest BCUT2D eigenvalue weighted by molar-refractivity contribution is 7.22. The summed E-state index contributed by atoms with van der Waals surface area (Å²) in [4.78, 5) is 27.8. The molecular formula is C14H15FN4O2S. The molecule has 1 atom stereocenters. The molecule has 1 unspecified atom stereocenters. The van der Waals surface area contributed by atoms with Gasteiger partial charge in [-0.25, -0.2) is 14.2 Å². The molecule has 0 aliphatic carbocycles. The summed E-state index contributed by atoms with van der Waals surface area (Å²) in [6, 6.07) is 3.88. The molecule has 6 nitrogen and oxygen atoms in total. The topological polar surface area (TPSA) is 83.1 Å². The number of benzene rings is 1. The minimum atomic E-state index is -0.670. The molecule has 1 aromatic heterocycles. The van der Waals surface area contributed by atoms with Gasteiger partial charge in [-0.2, -0.15) is 0 Å². The third-order valence-corrected chi connectivity index (χ3v) is 4.75. The molecule has 1 aliphatic rings. The zero-order valence-electron chi connectivity index (χ0n) is 12.1. The SMILES string of the molecule is CC1(C)C(=O)NCC1NC(=O)Nc1nc2c(F)cccc2s1. The molecule has 2 aromatic rings. The van der Waals surface area contributed by atoms with Crippen molar-refractivity contribution in [3.05, 3.63) is 24.0 Å². The van der Waals surface area contributed by atoms with Crippen LogP contribution in [0.4, 0.5) is 14.3 Å². The van der Waals surface area contributed by atoms with Crippen molar-refractivity contribution in [3.8, 4) is 0 Å². The Morgan fingerprint density at radius 2 is 2.27 bits per heavy atom. The summed E-state index contributed by atoms with van der Waals surface area (Å²) in [6.45, 7) is 3.93. The number of para-hydroxylation sites is 1. The Labute approximate surface area is 130 Å². The van der Waals surface area contributed by atoms with Gasteiger partial charge in [0.05, 0.1) is 16.2 Å². The van der Waals surface area contributed by atoms with Crippen molar-refractivity contribution < 1.29 is 14.0 Å². The van der Waals surface area contributed by atoms with Crippen LogP contribution in [0.25, 0.3) is 10.2 Å². The maximum Gasteiger partial charge on any atom is 0.321 e. The van der Waals surface area contributed by atoms with Crippen molar-refractivity contribution in [2.75, 3.05) is 11.9 Å². The maximum absolute atomic E-state index is 13.6. The molecule has 3 N–H and O–H groups in total. The standard InChI is InChI=1S/C14H15FN4O2S/c1-14(2)9(6-16-11(14)20)17-12(21)19-13-18-10-7(15)4-3-5-8(10)22-13/h3-5,9H,6H2,1-2H3,(H,16,20)(H2,17,18,19,21). The second-order valence-electron chi connectivity index (χ2n) is 5.69. The summed E-state index contributed by atoms with van der Waals surface area (Å²) in [5.74, 6) is -0.520. The first-order chi connectivity index (χ1) is 10.4. The molecule has 0 bridgehead atoms. The van der Waals surface area contributed by atoms with Gasteiger partial charge in [0.15, 0.2) is 5.13 Å². The number of urea groups is 1. The van der Waals surface area contributed by atoms with Gasteiger partial charge in [-0.05, 0) is 26.0 Å². The third kappa shape index (κ3) is 2.50. The Balaban J connectivity index is 1.71. The van der Waals surface area contributed by atoms with E-state index in [-0.39, 0.29) is 17.5 Å². The zero-order chi connectivity index (χ0) is 15.9. The molecule has 22 heavy (non-hydrogen) atoms. The van der Waals surface area contributed by atoms with Crippen LogP contribution in [0.5, 0.6) is 0 Å². The summed E-state index contributed by atoms with van der Waals surface area (Å²) >= 11 is 1.19. The second-order valence-corrected chi connectivity index (χ2v) is 6.72. The lowest BCUT2D eigenvalue weighted by atomic mass is 9.87. The van der Waals surface area contributed by atoms with Gasteiger partial charge in [0.2, 0.25) is 5.91 Å². The highest BCUT2D eigenvalue weighted by Crippen LogP contribution is 2.28. The normalized spacial score (nSPS) is 20.0. The smallest absolute Gasteiger partial charge is 0.321 e. The number of carbonyl (C=O) groups is 2. The number of rotatable bonds is 2. The Hall–Kier alpha value is -2.22. The van der Waals surface area contributed by atoms with Gasteiger partial charge >= 0.3 is 6.03 Å². The van der Waals surface area contributed by atoms with Crippen LogP contribution in [0.2, 0.25) is 0 Å². The number of hydrogen-bond acceptors (Lipinski definition) is 4. The van der Waals surface area contributed by atoms with E-state index in [0.717, 1.165) is 0 Å². The van der Waals surface area contributed by atoms with Crippen LogP contribution in [-0.4, -0.2) is 29.5 Å². The molecule has 1 aromatic carbocycles. The lowest BCUT2D eigenvalue weighted by molar-refractivity contribution is -0.126. The molecule has 1 saturated heterocycles. The quantitative estimate of drug-likeness (QED) is 0.791. The number of halogens is 1. The van der Waals surface area contributed by atoms with Gasteiger partial charge in [-0.3, -0.25) is 10.1 Å². The van der Waals surface area contributed by atoms with Crippen molar-refractivity contribution in [1.82, 2.24) is 15.6 Å². The lowest BCUT2D eigenvalue weighted by Crippen LogP contribution is -2.46. The number of nitrogens with zero attached hydrogens (tertiary/aromatic N) is 1. The first-order valence-corrected chi connectivity index (χ1v) is 7.60. The van der Waals surface area contributed by atoms with Gasteiger partial charge in [0.25, 0.3) is 0 Å². The number of nitrogens with one attached hydrogen (secondary N) is 3. The van der Waals surface area contributed by atoms with Crippen LogP contribution in [0.15, 0.2) is 18.2 Å². The lowest BCUT2D eigenvalue weighted by Gasteiger charge is -2.24. The maximum atomic E-state index is 13.6. The predicted octanol–water partition coefficient (Wildman–Crippen LogP) is 2.08. The Kier molecular flexibility index (Phi) is 3.48. The zero-order valence-corrected chi connectivity index (χ0v) is 12.9. The molecule has 3 amide bonds. The number of anilines is 1. The molecule has 0 radical (unpaired) electrons. The summed E-state index contributed by atoms with van der Waals surface area (Å²) < 4.78 is 14.2. The summed E-state index contributed by atoms with van der Waals surface area (Å²) in [5, 5.41) is 8.36. The van der Waals surface area contributed by atoms with Gasteiger partial charge < -0.3 is 10.6 Å². The fourth-order valence-electron chi connectivity index (χ4n) is 2.33. The molecular weight excluding hydrogens is 307 g/mol. The summed E-state index contributed by atoms with van der Waals surface area (Å²) in [7, 11) is 0. The Bertz CT molecular complexity index is 758. The molecule has 8 heteroatoms. The average Bonchev–Trinajstić information content (AvgIpc) is 2.96. The van der Waals surface area contributed by atoms with E-state index in [1.165, 1.54) is 17.4 Å². The molecule has 1 fully saturated rings. The number of thiazole rings is 1. The minimum absolute atomic E-state index is 0.0974. The van der Waals surface area contributed by atoms with E-state index < -0.39 is 17.3 Å². The average molecular weight is 322 g/mol. The highest BCUT2D eigenvalue weighted by Gasteiger charge is 2.43. The number of amides is 3. The number of carbonyl (C=O) groups excluding carboxylic acids is 2. The molecule has 2 heterocycles. The van der Waals surface area contributed by atoms with Gasteiger partial charge in [-0.15, -0.1) is 0 Å². The fourth-order valence-corrected chi connectivity index (χ4v) is 3.20. The van der Waals surface area contributed by atoms with E-state index in [2.05, 4.69) is 20.9 Å². The first kappa shape index (κ1) is 14.7. The molecule has 3 rings (SSSR count). The van der Waals surface area contributed by atoms with Crippen LogP contribution < -0.4 is 16.0 Å². The van der Waals surface area contributed by atoms with Crippen molar-refractivity contribution in [1.29, 1.82) is 0 Å². The van der Waals surface area contributed by atoms with Crippen molar-refractivity contribution in [2.24, 2.45) is 5.41 Å². The molecule has 1 aliphatic heterocycles. The number of aromatic nitrogens is 1.